The molecule has 0 radical (unpaired) electrons. The van der Waals surface area contributed by atoms with Crippen LogP contribution in [0.4, 0.5) is 5.13 Å². The van der Waals surface area contributed by atoms with Crippen molar-refractivity contribution in [1.82, 2.24) is 10.2 Å². The number of halogens is 1. The van der Waals surface area contributed by atoms with Crippen molar-refractivity contribution in [2.24, 2.45) is 0 Å². The molecule has 1 atom stereocenters. The molecule has 2 heterocycles. The molecular weight excluding hydrogens is 422 g/mol. The molecule has 8 heteroatoms. The second-order valence-corrected chi connectivity index (χ2v) is 8.20. The van der Waals surface area contributed by atoms with Gasteiger partial charge in [0.15, 0.2) is 11.5 Å². The monoisotopic (exact) mass is 437 g/mol. The lowest BCUT2D eigenvalue weighted by atomic mass is 9.96. The first kappa shape index (κ1) is 20.0. The van der Waals surface area contributed by atoms with E-state index in [9.17, 15) is 14.7 Å². The van der Waals surface area contributed by atoms with E-state index in [1.54, 1.807) is 37.3 Å². The zero-order chi connectivity index (χ0) is 21.3. The highest BCUT2D eigenvalue weighted by molar-refractivity contribution is 7.15. The number of benzene rings is 2. The van der Waals surface area contributed by atoms with E-state index in [-0.39, 0.29) is 5.57 Å². The Morgan fingerprint density at radius 2 is 1.93 bits per heavy atom. The standard InChI is InChI=1S/C22H16ClN3O3S/c1-13-24-25-22(30-13)26-19(15-8-5-9-16(23)12-15)18(20(28)21(26)29)17(27)11-10-14-6-3-2-4-7-14/h2-12,19,28H,1H3/b11-10+. The second-order valence-electron chi connectivity index (χ2n) is 6.61. The Balaban J connectivity index is 1.79. The molecule has 0 saturated heterocycles. The average Bonchev–Trinajstić information content (AvgIpc) is 3.28. The van der Waals surface area contributed by atoms with Crippen LogP contribution in [0.3, 0.4) is 0 Å². The van der Waals surface area contributed by atoms with Gasteiger partial charge in [-0.3, -0.25) is 14.5 Å². The van der Waals surface area contributed by atoms with Crippen LogP contribution in [0, 0.1) is 6.92 Å². The summed E-state index contributed by atoms with van der Waals surface area (Å²) >= 11 is 7.36. The Kier molecular flexibility index (Phi) is 5.48. The number of amides is 1. The summed E-state index contributed by atoms with van der Waals surface area (Å²) in [4.78, 5) is 27.3. The van der Waals surface area contributed by atoms with Gasteiger partial charge < -0.3 is 5.11 Å². The minimum atomic E-state index is -0.864. The molecule has 3 aromatic rings. The van der Waals surface area contributed by atoms with Crippen molar-refractivity contribution in [1.29, 1.82) is 0 Å². The molecule has 1 aromatic heterocycles. The van der Waals surface area contributed by atoms with E-state index in [1.165, 1.54) is 22.3 Å². The molecule has 6 nitrogen and oxygen atoms in total. The van der Waals surface area contributed by atoms with E-state index in [4.69, 9.17) is 11.6 Å². The number of aromatic nitrogens is 2. The topological polar surface area (TPSA) is 83.4 Å². The van der Waals surface area contributed by atoms with Crippen LogP contribution in [0.5, 0.6) is 0 Å². The molecule has 2 aromatic carbocycles. The minimum absolute atomic E-state index is 0.0256. The summed E-state index contributed by atoms with van der Waals surface area (Å²) < 4.78 is 0. The van der Waals surface area contributed by atoms with Crippen molar-refractivity contribution in [3.8, 4) is 0 Å². The molecule has 0 bridgehead atoms. The fourth-order valence-electron chi connectivity index (χ4n) is 3.26. The van der Waals surface area contributed by atoms with Crippen LogP contribution in [0.2, 0.25) is 5.02 Å². The fourth-order valence-corrected chi connectivity index (χ4v) is 4.17. The Bertz CT molecular complexity index is 1190. The number of hydrogen-bond donors (Lipinski definition) is 1. The number of nitrogens with zero attached hydrogens (tertiary/aromatic N) is 3. The number of rotatable bonds is 5. The van der Waals surface area contributed by atoms with Gasteiger partial charge in [0.2, 0.25) is 5.13 Å². The van der Waals surface area contributed by atoms with Gasteiger partial charge in [-0.15, -0.1) is 10.2 Å². The number of allylic oxidation sites excluding steroid dienone is 1. The van der Waals surface area contributed by atoms with Crippen molar-refractivity contribution in [3.63, 3.8) is 0 Å². The number of anilines is 1. The summed E-state index contributed by atoms with van der Waals surface area (Å²) in [7, 11) is 0. The fraction of sp³-hybridized carbons (Fsp3) is 0.0909. The maximum Gasteiger partial charge on any atom is 0.296 e. The lowest BCUT2D eigenvalue weighted by Crippen LogP contribution is -2.30. The number of carbonyl (C=O) groups excluding carboxylic acids is 2. The highest BCUT2D eigenvalue weighted by Gasteiger charge is 2.45. The van der Waals surface area contributed by atoms with Crippen molar-refractivity contribution >= 4 is 45.8 Å². The summed E-state index contributed by atoms with van der Waals surface area (Å²) in [6, 6.07) is 15.2. The number of carbonyl (C=O) groups is 2. The molecule has 0 fully saturated rings. The zero-order valence-corrected chi connectivity index (χ0v) is 17.4. The van der Waals surface area contributed by atoms with Crippen molar-refractivity contribution in [3.05, 3.63) is 93.2 Å². The van der Waals surface area contributed by atoms with Gasteiger partial charge in [0, 0.05) is 5.02 Å². The number of ketones is 1. The first-order valence-electron chi connectivity index (χ1n) is 9.05. The third-order valence-corrected chi connectivity index (χ3v) is 5.66. The quantitative estimate of drug-likeness (QED) is 0.586. The normalized spacial score (nSPS) is 16.7. The van der Waals surface area contributed by atoms with E-state index in [0.717, 1.165) is 5.56 Å². The van der Waals surface area contributed by atoms with Crippen molar-refractivity contribution in [2.75, 3.05) is 4.90 Å². The predicted octanol–water partition coefficient (Wildman–Crippen LogP) is 4.68. The Labute approximate surface area is 181 Å². The molecule has 30 heavy (non-hydrogen) atoms. The highest BCUT2D eigenvalue weighted by atomic mass is 35.5. The third-order valence-electron chi connectivity index (χ3n) is 4.59. The molecule has 1 aliphatic rings. The third kappa shape index (κ3) is 3.77. The number of hydrogen-bond acceptors (Lipinski definition) is 6. The molecular formula is C22H16ClN3O3S. The van der Waals surface area contributed by atoms with Crippen molar-refractivity contribution < 1.29 is 14.7 Å². The first-order valence-corrected chi connectivity index (χ1v) is 10.2. The van der Waals surface area contributed by atoms with E-state index < -0.39 is 23.5 Å². The van der Waals surface area contributed by atoms with E-state index >= 15 is 0 Å². The largest absolute Gasteiger partial charge is 0.503 e. The average molecular weight is 438 g/mol. The molecule has 1 amide bonds. The molecule has 4 rings (SSSR count). The van der Waals surface area contributed by atoms with Crippen LogP contribution >= 0.6 is 22.9 Å². The summed E-state index contributed by atoms with van der Waals surface area (Å²) in [5.74, 6) is -1.78. The van der Waals surface area contributed by atoms with Gasteiger partial charge >= 0.3 is 0 Å². The van der Waals surface area contributed by atoms with Gasteiger partial charge in [0.05, 0.1) is 11.6 Å². The molecule has 0 aliphatic carbocycles. The SMILES string of the molecule is Cc1nnc(N2C(=O)C(O)=C(C(=O)/C=C/c3ccccc3)C2c2cccc(Cl)c2)s1. The maximum atomic E-state index is 13.1. The highest BCUT2D eigenvalue weighted by Crippen LogP contribution is 2.42. The maximum absolute atomic E-state index is 13.1. The summed E-state index contributed by atoms with van der Waals surface area (Å²) in [5.41, 5.74) is 1.39. The van der Waals surface area contributed by atoms with E-state index in [0.29, 0.717) is 20.7 Å². The summed E-state index contributed by atoms with van der Waals surface area (Å²) in [6.07, 6.45) is 2.99. The Morgan fingerprint density at radius 1 is 1.17 bits per heavy atom. The molecule has 150 valence electrons. The van der Waals surface area contributed by atoms with Crippen LogP contribution in [0.25, 0.3) is 6.08 Å². The Hall–Kier alpha value is -3.29. The smallest absolute Gasteiger partial charge is 0.296 e. The molecule has 0 spiro atoms. The number of aliphatic hydroxyl groups excluding tert-OH is 1. The van der Waals surface area contributed by atoms with Gasteiger partial charge in [0.25, 0.3) is 5.91 Å². The lowest BCUT2D eigenvalue weighted by molar-refractivity contribution is -0.117. The first-order chi connectivity index (χ1) is 14.5. The van der Waals surface area contributed by atoms with Crippen LogP contribution in [-0.2, 0) is 9.59 Å². The van der Waals surface area contributed by atoms with Gasteiger partial charge in [-0.05, 0) is 36.3 Å². The molecule has 1 aliphatic heterocycles. The Morgan fingerprint density at radius 3 is 2.60 bits per heavy atom. The zero-order valence-electron chi connectivity index (χ0n) is 15.8. The second kappa shape index (κ2) is 8.22. The van der Waals surface area contributed by atoms with Gasteiger partial charge in [0.1, 0.15) is 5.01 Å². The number of aryl methyl sites for hydroxylation is 1. The number of aliphatic hydroxyl groups is 1. The van der Waals surface area contributed by atoms with Gasteiger partial charge in [-0.1, -0.05) is 71.5 Å². The molecule has 0 saturated carbocycles. The van der Waals surface area contributed by atoms with E-state index in [2.05, 4.69) is 10.2 Å². The predicted molar refractivity (Wildman–Crippen MR) is 116 cm³/mol. The molecule has 1 unspecified atom stereocenters. The van der Waals surface area contributed by atoms with Gasteiger partial charge in [-0.25, -0.2) is 0 Å². The van der Waals surface area contributed by atoms with E-state index in [1.807, 2.05) is 30.3 Å². The molecule has 1 N–H and O–H groups in total. The van der Waals surface area contributed by atoms with Crippen LogP contribution in [0.1, 0.15) is 22.2 Å². The van der Waals surface area contributed by atoms with Gasteiger partial charge in [-0.2, -0.15) is 0 Å². The summed E-state index contributed by atoms with van der Waals surface area (Å²) in [6.45, 7) is 1.76. The lowest BCUT2D eigenvalue weighted by Gasteiger charge is -2.23. The van der Waals surface area contributed by atoms with Crippen LogP contribution in [0.15, 0.2) is 72.0 Å². The van der Waals surface area contributed by atoms with Crippen molar-refractivity contribution in [2.45, 2.75) is 13.0 Å². The summed E-state index contributed by atoms with van der Waals surface area (Å²) in [5, 5.41) is 20.0. The van der Waals surface area contributed by atoms with Crippen LogP contribution in [-0.4, -0.2) is 27.0 Å². The van der Waals surface area contributed by atoms with Crippen LogP contribution < -0.4 is 4.90 Å². The minimum Gasteiger partial charge on any atom is -0.503 e.